The maximum Gasteiger partial charge on any atom is 0.0753 e. The van der Waals surface area contributed by atoms with E-state index in [1.807, 2.05) is 19.9 Å². The maximum absolute atomic E-state index is 10.5. The zero-order valence-electron chi connectivity index (χ0n) is 15.0. The van der Waals surface area contributed by atoms with Gasteiger partial charge in [-0.2, -0.15) is 0 Å². The summed E-state index contributed by atoms with van der Waals surface area (Å²) in [5.41, 5.74) is 2.74. The molecule has 0 spiro atoms. The van der Waals surface area contributed by atoms with Gasteiger partial charge in [0.25, 0.3) is 0 Å². The lowest BCUT2D eigenvalue weighted by molar-refractivity contribution is -0.0499. The largest absolute Gasteiger partial charge is 0.392 e. The molecule has 0 heterocycles. The standard InChI is InChI=1S/C20H34O2/c1-6-14(2)17(22)12-16-15(13-21)8-9-18-19(3,4)10-7-11-20(16,18)5/h6,8,16-18,21-22H,7,9-13H2,1-5H3/b14-6+/t16-,17-,18-,20+/m0/s1. The van der Waals surface area contributed by atoms with Crippen LogP contribution in [0.5, 0.6) is 0 Å². The van der Waals surface area contributed by atoms with E-state index < -0.39 is 6.10 Å². The molecule has 0 aliphatic heterocycles. The van der Waals surface area contributed by atoms with E-state index in [1.54, 1.807) is 0 Å². The van der Waals surface area contributed by atoms with E-state index in [2.05, 4.69) is 26.8 Å². The van der Waals surface area contributed by atoms with Gasteiger partial charge >= 0.3 is 0 Å². The van der Waals surface area contributed by atoms with Gasteiger partial charge in [-0.1, -0.05) is 39.3 Å². The normalized spacial score (nSPS) is 36.5. The van der Waals surface area contributed by atoms with Crippen LogP contribution in [0.4, 0.5) is 0 Å². The van der Waals surface area contributed by atoms with Crippen molar-refractivity contribution in [3.63, 3.8) is 0 Å². The molecule has 2 aliphatic rings. The molecule has 22 heavy (non-hydrogen) atoms. The number of allylic oxidation sites excluding steroid dienone is 2. The Morgan fingerprint density at radius 1 is 1.36 bits per heavy atom. The lowest BCUT2D eigenvalue weighted by Crippen LogP contribution is -2.49. The quantitative estimate of drug-likeness (QED) is 0.752. The summed E-state index contributed by atoms with van der Waals surface area (Å²) in [6.07, 6.45) is 9.45. The third-order valence-electron chi connectivity index (χ3n) is 6.76. The number of hydrogen-bond donors (Lipinski definition) is 2. The van der Waals surface area contributed by atoms with Crippen LogP contribution in [0.2, 0.25) is 0 Å². The van der Waals surface area contributed by atoms with E-state index in [1.165, 1.54) is 19.3 Å². The molecule has 0 unspecified atom stereocenters. The fraction of sp³-hybridized carbons (Fsp3) is 0.800. The van der Waals surface area contributed by atoms with Crippen molar-refractivity contribution in [1.29, 1.82) is 0 Å². The fourth-order valence-corrected chi connectivity index (χ4v) is 5.20. The maximum atomic E-state index is 10.5. The number of hydrogen-bond acceptors (Lipinski definition) is 2. The predicted molar refractivity (Wildman–Crippen MR) is 92.6 cm³/mol. The molecular formula is C20H34O2. The summed E-state index contributed by atoms with van der Waals surface area (Å²) in [5.74, 6) is 0.938. The van der Waals surface area contributed by atoms with E-state index in [9.17, 15) is 10.2 Å². The van der Waals surface area contributed by atoms with Gasteiger partial charge < -0.3 is 10.2 Å². The van der Waals surface area contributed by atoms with Gasteiger partial charge in [-0.25, -0.2) is 0 Å². The third kappa shape index (κ3) is 3.05. The molecule has 2 nitrogen and oxygen atoms in total. The van der Waals surface area contributed by atoms with Crippen molar-refractivity contribution in [2.24, 2.45) is 22.7 Å². The predicted octanol–water partition coefficient (Wildman–Crippen LogP) is 4.47. The van der Waals surface area contributed by atoms with Crippen molar-refractivity contribution < 1.29 is 10.2 Å². The molecule has 2 N–H and O–H groups in total. The molecule has 0 amide bonds. The van der Waals surface area contributed by atoms with Gasteiger partial charge in [0.2, 0.25) is 0 Å². The van der Waals surface area contributed by atoms with E-state index in [4.69, 9.17) is 0 Å². The fourth-order valence-electron chi connectivity index (χ4n) is 5.20. The second-order valence-corrected chi connectivity index (χ2v) is 8.41. The van der Waals surface area contributed by atoms with Crippen molar-refractivity contribution in [1.82, 2.24) is 0 Å². The van der Waals surface area contributed by atoms with Crippen LogP contribution >= 0.6 is 0 Å². The number of fused-ring (bicyclic) bond motifs is 1. The van der Waals surface area contributed by atoms with Crippen LogP contribution in [0.15, 0.2) is 23.3 Å². The smallest absolute Gasteiger partial charge is 0.0753 e. The van der Waals surface area contributed by atoms with E-state index in [0.29, 0.717) is 17.3 Å². The second-order valence-electron chi connectivity index (χ2n) is 8.41. The molecule has 0 aromatic heterocycles. The van der Waals surface area contributed by atoms with Gasteiger partial charge in [-0.3, -0.25) is 0 Å². The number of aliphatic hydroxyl groups excluding tert-OH is 2. The highest BCUT2D eigenvalue weighted by atomic mass is 16.3. The third-order valence-corrected chi connectivity index (χ3v) is 6.76. The van der Waals surface area contributed by atoms with Gasteiger partial charge in [-0.05, 0) is 73.3 Å². The van der Waals surface area contributed by atoms with E-state index >= 15 is 0 Å². The van der Waals surface area contributed by atoms with Gasteiger partial charge in [-0.15, -0.1) is 0 Å². The molecule has 0 aromatic rings. The van der Waals surface area contributed by atoms with Crippen molar-refractivity contribution in [3.8, 4) is 0 Å². The van der Waals surface area contributed by atoms with Crippen molar-refractivity contribution in [2.75, 3.05) is 6.61 Å². The van der Waals surface area contributed by atoms with Crippen LogP contribution in [0.25, 0.3) is 0 Å². The average molecular weight is 306 g/mol. The highest BCUT2D eigenvalue weighted by molar-refractivity contribution is 5.21. The number of aliphatic hydroxyl groups is 2. The summed E-state index contributed by atoms with van der Waals surface area (Å²) in [6, 6.07) is 0. The summed E-state index contributed by atoms with van der Waals surface area (Å²) in [6.45, 7) is 11.3. The van der Waals surface area contributed by atoms with Gasteiger partial charge in [0.05, 0.1) is 12.7 Å². The highest BCUT2D eigenvalue weighted by Crippen LogP contribution is 2.60. The molecule has 2 aliphatic carbocycles. The Hall–Kier alpha value is -0.600. The Balaban J connectivity index is 2.35. The summed E-state index contributed by atoms with van der Waals surface area (Å²) in [7, 11) is 0. The Labute approximate surface area is 136 Å². The molecule has 4 atom stereocenters. The van der Waals surface area contributed by atoms with Gasteiger partial charge in [0, 0.05) is 0 Å². The molecule has 0 aromatic carbocycles. The average Bonchev–Trinajstić information content (AvgIpc) is 2.46. The minimum Gasteiger partial charge on any atom is -0.392 e. The molecule has 2 rings (SSSR count). The van der Waals surface area contributed by atoms with Crippen LogP contribution in [0.1, 0.15) is 66.7 Å². The van der Waals surface area contributed by atoms with E-state index in [-0.39, 0.29) is 12.0 Å². The minimum atomic E-state index is -0.398. The molecule has 0 radical (unpaired) electrons. The SMILES string of the molecule is C/C=C(\C)[C@@H](O)C[C@H]1C(CO)=CC[C@H]2C(C)(C)CCC[C@]12C. The Morgan fingerprint density at radius 3 is 2.64 bits per heavy atom. The molecular weight excluding hydrogens is 272 g/mol. The van der Waals surface area contributed by atoms with Gasteiger partial charge in [0.1, 0.15) is 0 Å². The Bertz CT molecular complexity index is 460. The summed E-state index contributed by atoms with van der Waals surface area (Å²) in [4.78, 5) is 0. The summed E-state index contributed by atoms with van der Waals surface area (Å²) in [5, 5.41) is 20.4. The minimum absolute atomic E-state index is 0.134. The first-order valence-electron chi connectivity index (χ1n) is 8.87. The number of rotatable bonds is 4. The Kier molecular flexibility index (Phi) is 5.23. The zero-order chi connectivity index (χ0) is 16.5. The van der Waals surface area contributed by atoms with Crippen LogP contribution < -0.4 is 0 Å². The Morgan fingerprint density at radius 2 is 2.05 bits per heavy atom. The lowest BCUT2D eigenvalue weighted by atomic mass is 9.48. The van der Waals surface area contributed by atoms with Gasteiger partial charge in [0.15, 0.2) is 0 Å². The van der Waals surface area contributed by atoms with Crippen LogP contribution in [0.3, 0.4) is 0 Å². The highest BCUT2D eigenvalue weighted by Gasteiger charge is 2.52. The molecule has 1 fully saturated rings. The molecule has 126 valence electrons. The first-order chi connectivity index (χ1) is 10.3. The van der Waals surface area contributed by atoms with Crippen molar-refractivity contribution in [2.45, 2.75) is 72.8 Å². The monoisotopic (exact) mass is 306 g/mol. The topological polar surface area (TPSA) is 40.5 Å². The summed E-state index contributed by atoms with van der Waals surface area (Å²) < 4.78 is 0. The summed E-state index contributed by atoms with van der Waals surface area (Å²) >= 11 is 0. The second kappa shape index (κ2) is 6.49. The van der Waals surface area contributed by atoms with Crippen LogP contribution in [0, 0.1) is 22.7 Å². The van der Waals surface area contributed by atoms with E-state index in [0.717, 1.165) is 24.0 Å². The molecule has 2 heteroatoms. The first kappa shape index (κ1) is 17.7. The van der Waals surface area contributed by atoms with Crippen LogP contribution in [-0.4, -0.2) is 22.9 Å². The molecule has 1 saturated carbocycles. The van der Waals surface area contributed by atoms with Crippen molar-refractivity contribution >= 4 is 0 Å². The molecule has 0 saturated heterocycles. The zero-order valence-corrected chi connectivity index (χ0v) is 15.0. The first-order valence-corrected chi connectivity index (χ1v) is 8.87. The molecule has 0 bridgehead atoms. The van der Waals surface area contributed by atoms with Crippen molar-refractivity contribution in [3.05, 3.63) is 23.3 Å². The lowest BCUT2D eigenvalue weighted by Gasteiger charge is -2.57. The van der Waals surface area contributed by atoms with Crippen LogP contribution in [-0.2, 0) is 0 Å².